The van der Waals surface area contributed by atoms with Gasteiger partial charge >= 0.3 is 12.2 Å². The molecule has 0 aliphatic heterocycles. The van der Waals surface area contributed by atoms with Gasteiger partial charge in [0.25, 0.3) is 0 Å². The molecule has 0 aliphatic carbocycles. The van der Waals surface area contributed by atoms with Gasteiger partial charge in [-0.15, -0.1) is 0 Å². The molecule has 0 spiro atoms. The average molecular weight is 363 g/mol. The molecule has 8 nitrogen and oxygen atoms in total. The predicted molar refractivity (Wildman–Crippen MR) is 97.7 cm³/mol. The summed E-state index contributed by atoms with van der Waals surface area (Å²) in [7, 11) is 0. The van der Waals surface area contributed by atoms with Gasteiger partial charge in [-0.3, -0.25) is 15.4 Å². The smallest absolute Gasteiger partial charge is 0.414 e. The summed E-state index contributed by atoms with van der Waals surface area (Å²) in [6.07, 6.45) is -0.861. The Balaban J connectivity index is 2.99. The highest BCUT2D eigenvalue weighted by atomic mass is 16.6. The van der Waals surface area contributed by atoms with E-state index in [1.807, 2.05) is 0 Å². The lowest BCUT2D eigenvalue weighted by atomic mass is 10.2. The molecule has 0 bridgehead atoms. The van der Waals surface area contributed by atoms with Gasteiger partial charge < -0.3 is 9.47 Å². The van der Waals surface area contributed by atoms with Crippen LogP contribution in [0.5, 0.6) is 0 Å². The van der Waals surface area contributed by atoms with Crippen LogP contribution in [0.3, 0.4) is 0 Å². The van der Waals surface area contributed by atoms with E-state index in [4.69, 9.17) is 9.47 Å². The lowest BCUT2D eigenvalue weighted by Crippen LogP contribution is -2.47. The zero-order valence-electron chi connectivity index (χ0n) is 15.9. The fourth-order valence-electron chi connectivity index (χ4n) is 1.64. The molecule has 1 rings (SSSR count). The van der Waals surface area contributed by atoms with Crippen molar-refractivity contribution in [1.29, 1.82) is 0 Å². The normalized spacial score (nSPS) is 11.2. The number of guanidine groups is 1. The summed E-state index contributed by atoms with van der Waals surface area (Å²) in [5, 5.41) is 4.75. The molecule has 0 saturated heterocycles. The van der Waals surface area contributed by atoms with Gasteiger partial charge in [-0.25, -0.2) is 14.6 Å². The fraction of sp³-hybridized carbons (Fsp3) is 0.444. The van der Waals surface area contributed by atoms with Gasteiger partial charge in [0.05, 0.1) is 5.69 Å². The number of alkyl carbamates (subject to hydrolysis) is 2. The molecule has 0 aliphatic rings. The standard InChI is InChI=1S/C18H25N3O5/c1-17(2,3)25-15(23)20-14(21-16(24)26-18(4,5)6)19-13-9-7-12(11-22)8-10-13/h7-11H,1-6H3,(H2,19,20,21,23,24). The van der Waals surface area contributed by atoms with Crippen molar-refractivity contribution < 1.29 is 23.9 Å². The van der Waals surface area contributed by atoms with Crippen LogP contribution in [0.4, 0.5) is 15.3 Å². The molecule has 8 heteroatoms. The number of aliphatic imine (C=N–C) groups is 1. The van der Waals surface area contributed by atoms with Gasteiger partial charge in [-0.05, 0) is 65.8 Å². The summed E-state index contributed by atoms with van der Waals surface area (Å²) in [5.74, 6) is -0.160. The van der Waals surface area contributed by atoms with Gasteiger partial charge in [0.1, 0.15) is 17.5 Å². The maximum absolute atomic E-state index is 12.0. The van der Waals surface area contributed by atoms with Crippen LogP contribution in [0, 0.1) is 0 Å². The summed E-state index contributed by atoms with van der Waals surface area (Å²) in [4.78, 5) is 38.8. The SMILES string of the molecule is CC(C)(C)OC(=O)NC(=Nc1ccc(C=O)cc1)NC(=O)OC(C)(C)C. The minimum Gasteiger partial charge on any atom is -0.444 e. The first-order valence-electron chi connectivity index (χ1n) is 8.02. The van der Waals surface area contributed by atoms with Crippen LogP contribution in [-0.4, -0.2) is 35.6 Å². The minimum absolute atomic E-state index is 0.160. The molecule has 2 N–H and O–H groups in total. The van der Waals surface area contributed by atoms with Crippen molar-refractivity contribution in [1.82, 2.24) is 10.6 Å². The Morgan fingerprint density at radius 1 is 0.885 bits per heavy atom. The van der Waals surface area contributed by atoms with E-state index in [1.54, 1.807) is 65.8 Å². The number of hydrogen-bond donors (Lipinski definition) is 2. The number of carbonyl (C=O) groups is 3. The summed E-state index contributed by atoms with van der Waals surface area (Å²) in [6, 6.07) is 6.25. The van der Waals surface area contributed by atoms with Crippen LogP contribution in [0.15, 0.2) is 29.3 Å². The highest BCUT2D eigenvalue weighted by Crippen LogP contribution is 2.13. The Morgan fingerprint density at radius 2 is 1.31 bits per heavy atom. The zero-order valence-corrected chi connectivity index (χ0v) is 15.9. The molecule has 1 aromatic carbocycles. The number of nitrogens with zero attached hydrogens (tertiary/aromatic N) is 1. The van der Waals surface area contributed by atoms with Crippen molar-refractivity contribution in [3.63, 3.8) is 0 Å². The molecule has 0 unspecified atom stereocenters. The second-order valence-electron chi connectivity index (χ2n) is 7.42. The molecular formula is C18H25N3O5. The topological polar surface area (TPSA) is 106 Å². The molecule has 0 aromatic heterocycles. The first-order chi connectivity index (χ1) is 11.9. The summed E-state index contributed by atoms with van der Waals surface area (Å²) >= 11 is 0. The second kappa shape index (κ2) is 8.46. The first-order valence-corrected chi connectivity index (χ1v) is 8.02. The van der Waals surface area contributed by atoms with Crippen molar-refractivity contribution in [3.05, 3.63) is 29.8 Å². The van der Waals surface area contributed by atoms with Crippen molar-refractivity contribution in [2.24, 2.45) is 4.99 Å². The quantitative estimate of drug-likeness (QED) is 0.475. The number of benzene rings is 1. The molecule has 0 atom stereocenters. The van der Waals surface area contributed by atoms with E-state index < -0.39 is 23.4 Å². The van der Waals surface area contributed by atoms with Crippen LogP contribution in [-0.2, 0) is 9.47 Å². The number of hydrogen-bond acceptors (Lipinski definition) is 6. The van der Waals surface area contributed by atoms with Gasteiger partial charge in [-0.1, -0.05) is 0 Å². The number of amides is 2. The Kier molecular flexibility index (Phi) is 6.88. The molecule has 0 radical (unpaired) electrons. The molecule has 0 heterocycles. The number of rotatable bonds is 2. The molecule has 0 fully saturated rings. The highest BCUT2D eigenvalue weighted by molar-refractivity contribution is 6.02. The van der Waals surface area contributed by atoms with E-state index in [0.29, 0.717) is 17.5 Å². The third-order valence-corrected chi connectivity index (χ3v) is 2.51. The molecular weight excluding hydrogens is 338 g/mol. The van der Waals surface area contributed by atoms with E-state index >= 15 is 0 Å². The Hall–Kier alpha value is -2.90. The Labute approximate surface area is 153 Å². The largest absolute Gasteiger partial charge is 0.444 e. The lowest BCUT2D eigenvalue weighted by Gasteiger charge is -2.22. The van der Waals surface area contributed by atoms with Crippen LogP contribution < -0.4 is 10.6 Å². The highest BCUT2D eigenvalue weighted by Gasteiger charge is 2.21. The van der Waals surface area contributed by atoms with Crippen molar-refractivity contribution >= 4 is 30.1 Å². The fourth-order valence-corrected chi connectivity index (χ4v) is 1.64. The average Bonchev–Trinajstić information content (AvgIpc) is 2.43. The van der Waals surface area contributed by atoms with E-state index in [2.05, 4.69) is 15.6 Å². The van der Waals surface area contributed by atoms with E-state index in [0.717, 1.165) is 0 Å². The summed E-state index contributed by atoms with van der Waals surface area (Å²) in [5.41, 5.74) is -0.539. The third kappa shape index (κ3) is 8.81. The van der Waals surface area contributed by atoms with E-state index in [1.165, 1.54) is 0 Å². The molecule has 0 saturated carbocycles. The van der Waals surface area contributed by atoms with Gasteiger partial charge in [0.15, 0.2) is 0 Å². The number of carbonyl (C=O) groups excluding carboxylic acids is 3. The van der Waals surface area contributed by atoms with E-state index in [-0.39, 0.29) is 5.96 Å². The second-order valence-corrected chi connectivity index (χ2v) is 7.42. The van der Waals surface area contributed by atoms with Crippen molar-refractivity contribution in [3.8, 4) is 0 Å². The third-order valence-electron chi connectivity index (χ3n) is 2.51. The lowest BCUT2D eigenvalue weighted by molar-refractivity contribution is 0.0545. The molecule has 142 valence electrons. The van der Waals surface area contributed by atoms with Crippen LogP contribution >= 0.6 is 0 Å². The zero-order chi connectivity index (χ0) is 20.0. The number of nitrogens with one attached hydrogen (secondary N) is 2. The summed E-state index contributed by atoms with van der Waals surface area (Å²) in [6.45, 7) is 10.3. The van der Waals surface area contributed by atoms with Crippen LogP contribution in [0.2, 0.25) is 0 Å². The molecule has 1 aromatic rings. The van der Waals surface area contributed by atoms with Gasteiger partial charge in [0, 0.05) is 5.56 Å². The predicted octanol–water partition coefficient (Wildman–Crippen LogP) is 3.54. The van der Waals surface area contributed by atoms with Gasteiger partial charge in [0.2, 0.25) is 5.96 Å². The maximum atomic E-state index is 12.0. The molecule has 26 heavy (non-hydrogen) atoms. The van der Waals surface area contributed by atoms with E-state index in [9.17, 15) is 14.4 Å². The Bertz CT molecular complexity index is 650. The summed E-state index contributed by atoms with van der Waals surface area (Å²) < 4.78 is 10.3. The van der Waals surface area contributed by atoms with Crippen LogP contribution in [0.1, 0.15) is 51.9 Å². The first kappa shape index (κ1) is 21.1. The van der Waals surface area contributed by atoms with Crippen LogP contribution in [0.25, 0.3) is 0 Å². The monoisotopic (exact) mass is 363 g/mol. The maximum Gasteiger partial charge on any atom is 0.414 e. The van der Waals surface area contributed by atoms with Gasteiger partial charge in [-0.2, -0.15) is 0 Å². The Morgan fingerprint density at radius 3 is 1.65 bits per heavy atom. The van der Waals surface area contributed by atoms with Crippen molar-refractivity contribution in [2.75, 3.05) is 0 Å². The number of aldehydes is 1. The minimum atomic E-state index is -0.781. The molecule has 2 amide bonds. The number of ether oxygens (including phenoxy) is 2. The van der Waals surface area contributed by atoms with Crippen molar-refractivity contribution in [2.45, 2.75) is 52.7 Å².